The van der Waals surface area contributed by atoms with Gasteiger partial charge in [-0.15, -0.1) is 11.8 Å². The molecule has 0 unspecified atom stereocenters. The van der Waals surface area contributed by atoms with Gasteiger partial charge in [0.15, 0.2) is 0 Å². The Bertz CT molecular complexity index is 348. The Hall–Kier alpha value is -0.660. The summed E-state index contributed by atoms with van der Waals surface area (Å²) < 4.78 is 0.574. The molecule has 1 aromatic heterocycles. The molecule has 0 spiro atoms. The number of aliphatic hydroxyl groups is 1. The van der Waals surface area contributed by atoms with Crippen molar-refractivity contribution in [1.82, 2.24) is 4.98 Å². The van der Waals surface area contributed by atoms with E-state index in [0.717, 1.165) is 0 Å². The van der Waals surface area contributed by atoms with Gasteiger partial charge in [0.2, 0.25) is 0 Å². The SMILES string of the molecule is O=[N+]([O-])c1cncc(Br)c1SCCO. The summed E-state index contributed by atoms with van der Waals surface area (Å²) in [4.78, 5) is 14.3. The zero-order valence-corrected chi connectivity index (χ0v) is 9.42. The van der Waals surface area contributed by atoms with Crippen LogP contribution in [0.2, 0.25) is 0 Å². The molecule has 1 rings (SSSR count). The molecule has 1 heterocycles. The van der Waals surface area contributed by atoms with Crippen LogP contribution in [0.4, 0.5) is 5.69 Å². The molecule has 0 saturated heterocycles. The van der Waals surface area contributed by atoms with Crippen molar-refractivity contribution in [3.05, 3.63) is 27.0 Å². The molecule has 0 aliphatic rings. The van der Waals surface area contributed by atoms with E-state index < -0.39 is 4.92 Å². The second kappa shape index (κ2) is 5.28. The van der Waals surface area contributed by atoms with Crippen molar-refractivity contribution in [3.8, 4) is 0 Å². The molecule has 0 aliphatic carbocycles. The molecule has 76 valence electrons. The Morgan fingerprint density at radius 2 is 2.36 bits per heavy atom. The maximum Gasteiger partial charge on any atom is 0.302 e. The van der Waals surface area contributed by atoms with Gasteiger partial charge in [0.05, 0.1) is 16.0 Å². The largest absolute Gasteiger partial charge is 0.396 e. The quantitative estimate of drug-likeness (QED) is 0.517. The lowest BCUT2D eigenvalue weighted by Crippen LogP contribution is -1.95. The van der Waals surface area contributed by atoms with Crippen molar-refractivity contribution < 1.29 is 10.0 Å². The Balaban J connectivity index is 3.02. The second-order valence-electron chi connectivity index (χ2n) is 2.30. The number of halogens is 1. The van der Waals surface area contributed by atoms with E-state index in [-0.39, 0.29) is 12.3 Å². The van der Waals surface area contributed by atoms with Crippen LogP contribution >= 0.6 is 27.7 Å². The van der Waals surface area contributed by atoms with E-state index in [4.69, 9.17) is 5.11 Å². The number of pyridine rings is 1. The zero-order chi connectivity index (χ0) is 10.6. The van der Waals surface area contributed by atoms with Crippen LogP contribution < -0.4 is 0 Å². The van der Waals surface area contributed by atoms with Crippen molar-refractivity contribution in [2.24, 2.45) is 0 Å². The van der Waals surface area contributed by atoms with Gasteiger partial charge in [0.25, 0.3) is 0 Å². The minimum absolute atomic E-state index is 0.0173. The Morgan fingerprint density at radius 3 is 2.93 bits per heavy atom. The average molecular weight is 279 g/mol. The fourth-order valence-electron chi connectivity index (χ4n) is 0.834. The van der Waals surface area contributed by atoms with Crippen LogP contribution in [0.3, 0.4) is 0 Å². The van der Waals surface area contributed by atoms with Crippen LogP contribution in [0.15, 0.2) is 21.8 Å². The van der Waals surface area contributed by atoms with Crippen molar-refractivity contribution in [1.29, 1.82) is 0 Å². The first kappa shape index (κ1) is 11.4. The number of thioether (sulfide) groups is 1. The molecular weight excluding hydrogens is 272 g/mol. The van der Waals surface area contributed by atoms with Crippen LogP contribution in [-0.4, -0.2) is 27.4 Å². The van der Waals surface area contributed by atoms with Crippen LogP contribution in [0.25, 0.3) is 0 Å². The summed E-state index contributed by atoms with van der Waals surface area (Å²) in [5, 5.41) is 19.2. The minimum atomic E-state index is -0.489. The third-order valence-electron chi connectivity index (χ3n) is 1.37. The predicted octanol–water partition coefficient (Wildman–Crippen LogP) is 1.84. The maximum absolute atomic E-state index is 10.6. The summed E-state index contributed by atoms with van der Waals surface area (Å²) in [6.07, 6.45) is 2.69. The lowest BCUT2D eigenvalue weighted by atomic mass is 10.4. The standard InChI is InChI=1S/C7H7BrN2O3S/c8-5-3-9-4-6(10(12)13)7(5)14-2-1-11/h3-4,11H,1-2H2. The number of nitro groups is 1. The van der Waals surface area contributed by atoms with Gasteiger partial charge in [0.1, 0.15) is 11.1 Å². The van der Waals surface area contributed by atoms with E-state index in [9.17, 15) is 10.1 Å². The average Bonchev–Trinajstić information content (AvgIpc) is 2.15. The molecule has 7 heteroatoms. The van der Waals surface area contributed by atoms with Crippen molar-refractivity contribution in [2.45, 2.75) is 4.90 Å². The van der Waals surface area contributed by atoms with Crippen molar-refractivity contribution in [2.75, 3.05) is 12.4 Å². The van der Waals surface area contributed by atoms with Gasteiger partial charge in [-0.25, -0.2) is 0 Å². The maximum atomic E-state index is 10.6. The van der Waals surface area contributed by atoms with Gasteiger partial charge in [-0.3, -0.25) is 15.1 Å². The van der Waals surface area contributed by atoms with E-state index in [1.807, 2.05) is 0 Å². The first-order chi connectivity index (χ1) is 6.66. The number of hydrogen-bond acceptors (Lipinski definition) is 5. The van der Waals surface area contributed by atoms with Gasteiger partial charge in [-0.2, -0.15) is 0 Å². The van der Waals surface area contributed by atoms with Gasteiger partial charge >= 0.3 is 5.69 Å². The summed E-state index contributed by atoms with van der Waals surface area (Å²) >= 11 is 4.40. The molecule has 0 aliphatic heterocycles. The number of rotatable bonds is 4. The van der Waals surface area contributed by atoms with Gasteiger partial charge in [-0.05, 0) is 15.9 Å². The molecule has 0 aromatic carbocycles. The number of hydrogen-bond donors (Lipinski definition) is 1. The second-order valence-corrected chi connectivity index (χ2v) is 4.26. The van der Waals surface area contributed by atoms with Crippen LogP contribution in [-0.2, 0) is 0 Å². The molecular formula is C7H7BrN2O3S. The van der Waals surface area contributed by atoms with E-state index in [0.29, 0.717) is 15.1 Å². The van der Waals surface area contributed by atoms with Gasteiger partial charge < -0.3 is 5.11 Å². The van der Waals surface area contributed by atoms with E-state index in [2.05, 4.69) is 20.9 Å². The highest BCUT2D eigenvalue weighted by Gasteiger charge is 2.17. The summed E-state index contributed by atoms with van der Waals surface area (Å²) in [5.74, 6) is 0.420. The molecule has 0 bridgehead atoms. The normalized spacial score (nSPS) is 10.1. The fourth-order valence-corrected chi connectivity index (χ4v) is 2.26. The third-order valence-corrected chi connectivity index (χ3v) is 3.34. The topological polar surface area (TPSA) is 76.3 Å². The minimum Gasteiger partial charge on any atom is -0.396 e. The van der Waals surface area contributed by atoms with Crippen LogP contribution in [0, 0.1) is 10.1 Å². The Morgan fingerprint density at radius 1 is 1.64 bits per heavy atom. The highest BCUT2D eigenvalue weighted by atomic mass is 79.9. The predicted molar refractivity (Wildman–Crippen MR) is 56.4 cm³/mol. The monoisotopic (exact) mass is 278 g/mol. The number of aromatic nitrogens is 1. The van der Waals surface area contributed by atoms with Crippen LogP contribution in [0.5, 0.6) is 0 Å². The van der Waals surface area contributed by atoms with Crippen molar-refractivity contribution >= 4 is 33.4 Å². The summed E-state index contributed by atoms with van der Waals surface area (Å²) in [6, 6.07) is 0. The van der Waals surface area contributed by atoms with Gasteiger partial charge in [-0.1, -0.05) is 0 Å². The molecule has 1 aromatic rings. The summed E-state index contributed by atoms with van der Waals surface area (Å²) in [6.45, 7) is -0.0173. The van der Waals surface area contributed by atoms with E-state index >= 15 is 0 Å². The fraction of sp³-hybridized carbons (Fsp3) is 0.286. The number of aliphatic hydroxyl groups excluding tert-OH is 1. The molecule has 5 nitrogen and oxygen atoms in total. The third kappa shape index (κ3) is 2.66. The first-order valence-electron chi connectivity index (χ1n) is 3.68. The molecule has 14 heavy (non-hydrogen) atoms. The lowest BCUT2D eigenvalue weighted by Gasteiger charge is -2.02. The highest BCUT2D eigenvalue weighted by molar-refractivity contribution is 9.10. The zero-order valence-electron chi connectivity index (χ0n) is 7.01. The molecule has 0 amide bonds. The van der Waals surface area contributed by atoms with E-state index in [1.54, 1.807) is 0 Å². The molecule has 0 saturated carbocycles. The first-order valence-corrected chi connectivity index (χ1v) is 5.46. The smallest absolute Gasteiger partial charge is 0.302 e. The molecule has 0 radical (unpaired) electrons. The Labute approximate surface area is 92.8 Å². The summed E-state index contributed by atoms with van der Waals surface area (Å²) in [7, 11) is 0. The number of nitrogens with zero attached hydrogens (tertiary/aromatic N) is 2. The highest BCUT2D eigenvalue weighted by Crippen LogP contribution is 2.34. The molecule has 0 atom stereocenters. The lowest BCUT2D eigenvalue weighted by molar-refractivity contribution is -0.388. The molecule has 0 fully saturated rings. The summed E-state index contributed by atoms with van der Waals surface area (Å²) in [5.41, 5.74) is -0.0437. The molecule has 1 N–H and O–H groups in total. The Kier molecular flexibility index (Phi) is 4.30. The van der Waals surface area contributed by atoms with Gasteiger partial charge in [0, 0.05) is 11.9 Å². The van der Waals surface area contributed by atoms with E-state index in [1.165, 1.54) is 24.2 Å². The van der Waals surface area contributed by atoms with Crippen molar-refractivity contribution in [3.63, 3.8) is 0 Å². The van der Waals surface area contributed by atoms with Crippen LogP contribution in [0.1, 0.15) is 0 Å².